The van der Waals surface area contributed by atoms with Gasteiger partial charge < -0.3 is 10.5 Å². The summed E-state index contributed by atoms with van der Waals surface area (Å²) in [6.07, 6.45) is 0. The van der Waals surface area contributed by atoms with Gasteiger partial charge >= 0.3 is 0 Å². The van der Waals surface area contributed by atoms with Crippen LogP contribution in [0.2, 0.25) is 0 Å². The number of ether oxygens (including phenoxy) is 1. The summed E-state index contributed by atoms with van der Waals surface area (Å²) < 4.78 is 33.4. The first kappa shape index (κ1) is 14.3. The number of halogens is 4. The predicted molar refractivity (Wildman–Crippen MR) is 76.9 cm³/mol. The zero-order valence-corrected chi connectivity index (χ0v) is 12.8. The number of rotatable bonds is 3. The second-order valence-electron chi connectivity index (χ2n) is 3.77. The van der Waals surface area contributed by atoms with E-state index in [1.807, 2.05) is 0 Å². The predicted octanol–water partition coefficient (Wildman–Crippen LogP) is 4.65. The third-order valence-electron chi connectivity index (χ3n) is 2.50. The van der Waals surface area contributed by atoms with Crippen molar-refractivity contribution in [1.29, 1.82) is 0 Å². The SMILES string of the molecule is Nc1cccc(OCc2c(F)ccc(Br)c2F)c1Br. The van der Waals surface area contributed by atoms with E-state index in [4.69, 9.17) is 10.5 Å². The van der Waals surface area contributed by atoms with Crippen LogP contribution in [0.3, 0.4) is 0 Å². The second kappa shape index (κ2) is 5.88. The van der Waals surface area contributed by atoms with E-state index < -0.39 is 11.6 Å². The van der Waals surface area contributed by atoms with E-state index in [2.05, 4.69) is 31.9 Å². The van der Waals surface area contributed by atoms with Gasteiger partial charge in [0.25, 0.3) is 0 Å². The summed E-state index contributed by atoms with van der Waals surface area (Å²) in [5, 5.41) is 0. The number of anilines is 1. The summed E-state index contributed by atoms with van der Waals surface area (Å²) in [5.41, 5.74) is 6.05. The average Bonchev–Trinajstić information content (AvgIpc) is 2.39. The zero-order chi connectivity index (χ0) is 14.0. The largest absolute Gasteiger partial charge is 0.487 e. The van der Waals surface area contributed by atoms with Crippen molar-refractivity contribution in [2.45, 2.75) is 6.61 Å². The summed E-state index contributed by atoms with van der Waals surface area (Å²) in [6.45, 7) is -0.223. The van der Waals surface area contributed by atoms with Crippen LogP contribution in [0.25, 0.3) is 0 Å². The molecule has 0 amide bonds. The van der Waals surface area contributed by atoms with Gasteiger partial charge in [0, 0.05) is 5.69 Å². The molecule has 2 nitrogen and oxygen atoms in total. The highest BCUT2D eigenvalue weighted by atomic mass is 79.9. The molecular formula is C13H9Br2F2NO. The van der Waals surface area contributed by atoms with Gasteiger partial charge in [0.15, 0.2) is 0 Å². The molecule has 0 aliphatic rings. The first-order valence-corrected chi connectivity index (χ1v) is 6.88. The Labute approximate surface area is 125 Å². The Morgan fingerprint density at radius 3 is 2.58 bits per heavy atom. The van der Waals surface area contributed by atoms with Gasteiger partial charge in [-0.25, -0.2) is 8.78 Å². The molecule has 6 heteroatoms. The second-order valence-corrected chi connectivity index (χ2v) is 5.42. The van der Waals surface area contributed by atoms with Crippen molar-refractivity contribution in [3.05, 3.63) is 56.5 Å². The molecule has 2 rings (SSSR count). The standard InChI is InChI=1S/C13H9Br2F2NO/c14-8-4-5-9(16)7(13(8)17)6-19-11-3-1-2-10(18)12(11)15/h1-5H,6,18H2. The number of nitrogens with two attached hydrogens (primary N) is 1. The maximum Gasteiger partial charge on any atom is 0.146 e. The molecule has 0 radical (unpaired) electrons. The van der Waals surface area contributed by atoms with E-state index in [9.17, 15) is 8.78 Å². The molecule has 2 N–H and O–H groups in total. The molecule has 2 aromatic carbocycles. The van der Waals surface area contributed by atoms with Crippen LogP contribution in [0.5, 0.6) is 5.75 Å². The molecule has 19 heavy (non-hydrogen) atoms. The molecule has 0 fully saturated rings. The van der Waals surface area contributed by atoms with Crippen LogP contribution >= 0.6 is 31.9 Å². The fourth-order valence-corrected chi connectivity index (χ4v) is 2.24. The smallest absolute Gasteiger partial charge is 0.146 e. The normalized spacial score (nSPS) is 10.5. The first-order chi connectivity index (χ1) is 9.00. The summed E-state index contributed by atoms with van der Waals surface area (Å²) in [4.78, 5) is 0. The van der Waals surface area contributed by atoms with E-state index in [1.165, 1.54) is 12.1 Å². The quantitative estimate of drug-likeness (QED) is 0.609. The summed E-state index contributed by atoms with van der Waals surface area (Å²) in [6, 6.07) is 7.54. The molecule has 0 atom stereocenters. The van der Waals surface area contributed by atoms with E-state index in [0.29, 0.717) is 15.9 Å². The monoisotopic (exact) mass is 391 g/mol. The molecule has 0 unspecified atom stereocenters. The van der Waals surface area contributed by atoms with Crippen LogP contribution < -0.4 is 10.5 Å². The number of benzene rings is 2. The summed E-state index contributed by atoms with van der Waals surface area (Å²) in [5.74, 6) is -0.889. The third-order valence-corrected chi connectivity index (χ3v) is 3.97. The van der Waals surface area contributed by atoms with Gasteiger partial charge in [-0.15, -0.1) is 0 Å². The van der Waals surface area contributed by atoms with E-state index in [-0.39, 0.29) is 16.6 Å². The molecule has 2 aromatic rings. The number of hydrogen-bond donors (Lipinski definition) is 1. The maximum absolute atomic E-state index is 13.7. The average molecular weight is 393 g/mol. The Morgan fingerprint density at radius 2 is 1.84 bits per heavy atom. The van der Waals surface area contributed by atoms with Crippen molar-refractivity contribution in [3.8, 4) is 5.75 Å². The van der Waals surface area contributed by atoms with Gasteiger partial charge in [0.1, 0.15) is 24.0 Å². The number of hydrogen-bond acceptors (Lipinski definition) is 2. The third kappa shape index (κ3) is 3.06. The molecule has 0 aliphatic heterocycles. The highest BCUT2D eigenvalue weighted by molar-refractivity contribution is 9.11. The van der Waals surface area contributed by atoms with E-state index >= 15 is 0 Å². The minimum absolute atomic E-state index is 0.135. The molecule has 100 valence electrons. The van der Waals surface area contributed by atoms with E-state index in [1.54, 1.807) is 18.2 Å². The summed E-state index contributed by atoms with van der Waals surface area (Å²) >= 11 is 6.26. The van der Waals surface area contributed by atoms with Crippen LogP contribution in [-0.2, 0) is 6.61 Å². The lowest BCUT2D eigenvalue weighted by atomic mass is 10.2. The van der Waals surface area contributed by atoms with Crippen LogP contribution in [0.15, 0.2) is 39.3 Å². The molecule has 0 aromatic heterocycles. The minimum Gasteiger partial charge on any atom is -0.487 e. The van der Waals surface area contributed by atoms with Crippen LogP contribution in [-0.4, -0.2) is 0 Å². The highest BCUT2D eigenvalue weighted by Crippen LogP contribution is 2.31. The molecule has 0 saturated carbocycles. The molecular weight excluding hydrogens is 384 g/mol. The Hall–Kier alpha value is -1.14. The maximum atomic E-state index is 13.7. The van der Waals surface area contributed by atoms with Gasteiger partial charge in [-0.1, -0.05) is 6.07 Å². The van der Waals surface area contributed by atoms with Gasteiger partial charge in [0.2, 0.25) is 0 Å². The van der Waals surface area contributed by atoms with Crippen LogP contribution in [0.4, 0.5) is 14.5 Å². The Kier molecular flexibility index (Phi) is 4.42. The number of nitrogen functional groups attached to an aromatic ring is 1. The zero-order valence-electron chi connectivity index (χ0n) is 9.59. The Bertz CT molecular complexity index is 620. The minimum atomic E-state index is -0.667. The molecule has 0 spiro atoms. The van der Waals surface area contributed by atoms with Gasteiger partial charge in [0.05, 0.1) is 14.5 Å². The van der Waals surface area contributed by atoms with Gasteiger partial charge in [-0.2, -0.15) is 0 Å². The van der Waals surface area contributed by atoms with Crippen molar-refractivity contribution < 1.29 is 13.5 Å². The van der Waals surface area contributed by atoms with E-state index in [0.717, 1.165) is 0 Å². The van der Waals surface area contributed by atoms with Crippen molar-refractivity contribution in [3.63, 3.8) is 0 Å². The van der Waals surface area contributed by atoms with Gasteiger partial charge in [-0.05, 0) is 56.1 Å². The first-order valence-electron chi connectivity index (χ1n) is 5.30. The Balaban J connectivity index is 2.24. The van der Waals surface area contributed by atoms with Crippen molar-refractivity contribution >= 4 is 37.5 Å². The molecule has 0 bridgehead atoms. The molecule has 0 saturated heterocycles. The van der Waals surface area contributed by atoms with Crippen molar-refractivity contribution in [2.75, 3.05) is 5.73 Å². The molecule has 0 aliphatic carbocycles. The van der Waals surface area contributed by atoms with Gasteiger partial charge in [-0.3, -0.25) is 0 Å². The van der Waals surface area contributed by atoms with Crippen molar-refractivity contribution in [1.82, 2.24) is 0 Å². The fourth-order valence-electron chi connectivity index (χ4n) is 1.49. The lowest BCUT2D eigenvalue weighted by Gasteiger charge is -2.11. The van der Waals surface area contributed by atoms with Crippen LogP contribution in [0, 0.1) is 11.6 Å². The molecule has 0 heterocycles. The lowest BCUT2D eigenvalue weighted by molar-refractivity contribution is 0.290. The van der Waals surface area contributed by atoms with Crippen molar-refractivity contribution in [2.24, 2.45) is 0 Å². The highest BCUT2D eigenvalue weighted by Gasteiger charge is 2.14. The van der Waals surface area contributed by atoms with Crippen LogP contribution in [0.1, 0.15) is 5.56 Å². The summed E-state index contributed by atoms with van der Waals surface area (Å²) in [7, 11) is 0. The Morgan fingerprint density at radius 1 is 1.11 bits per heavy atom. The lowest BCUT2D eigenvalue weighted by Crippen LogP contribution is -2.03. The topological polar surface area (TPSA) is 35.2 Å². The fraction of sp³-hybridized carbons (Fsp3) is 0.0769.